The molecule has 4 heteroatoms. The molecular weight excluding hydrogens is 338 g/mol. The molecular formula is C23H25NO3. The van der Waals surface area contributed by atoms with Crippen molar-refractivity contribution in [3.8, 4) is 11.1 Å². The molecule has 1 saturated carbocycles. The number of nitrogens with one attached hydrogen (secondary N) is 1. The molecule has 2 aromatic carbocycles. The molecule has 27 heavy (non-hydrogen) atoms. The maximum Gasteiger partial charge on any atom is 0.335 e. The lowest BCUT2D eigenvalue weighted by atomic mass is 9.93. The molecule has 140 valence electrons. The van der Waals surface area contributed by atoms with Crippen molar-refractivity contribution in [2.75, 3.05) is 0 Å². The Balaban J connectivity index is 1.87. The lowest BCUT2D eigenvalue weighted by Gasteiger charge is -2.16. The Morgan fingerprint density at radius 3 is 2.56 bits per heavy atom. The van der Waals surface area contributed by atoms with Gasteiger partial charge in [0.2, 0.25) is 0 Å². The number of carboxylic acid groups (broad SMARTS) is 1. The van der Waals surface area contributed by atoms with E-state index >= 15 is 0 Å². The number of benzene rings is 2. The zero-order valence-corrected chi connectivity index (χ0v) is 15.5. The van der Waals surface area contributed by atoms with Crippen LogP contribution in [-0.4, -0.2) is 21.2 Å². The van der Waals surface area contributed by atoms with E-state index in [0.717, 1.165) is 34.1 Å². The predicted molar refractivity (Wildman–Crippen MR) is 107 cm³/mol. The average Bonchev–Trinajstić information content (AvgIpc) is 3.28. The van der Waals surface area contributed by atoms with Crippen LogP contribution in [0, 0.1) is 12.8 Å². The van der Waals surface area contributed by atoms with E-state index in [-0.39, 0.29) is 0 Å². The van der Waals surface area contributed by atoms with Crippen molar-refractivity contribution in [3.63, 3.8) is 0 Å². The monoisotopic (exact) mass is 363 g/mol. The Morgan fingerprint density at radius 2 is 1.89 bits per heavy atom. The number of aromatic carboxylic acids is 1. The number of H-pyrrole nitrogens is 1. The molecule has 1 atom stereocenters. The van der Waals surface area contributed by atoms with Gasteiger partial charge in [0.25, 0.3) is 0 Å². The van der Waals surface area contributed by atoms with Gasteiger partial charge in [0.15, 0.2) is 0 Å². The van der Waals surface area contributed by atoms with E-state index in [1.54, 1.807) is 13.0 Å². The number of hydrogen-bond donors (Lipinski definition) is 3. The van der Waals surface area contributed by atoms with Crippen molar-refractivity contribution in [3.05, 3.63) is 59.3 Å². The van der Waals surface area contributed by atoms with Gasteiger partial charge in [-0.15, -0.1) is 0 Å². The SMILES string of the molecule is Cc1cc2[nH]c(C(O)CC3CCCC3)c(-c3ccccc3)c2cc1C(=O)O. The summed E-state index contributed by atoms with van der Waals surface area (Å²) in [6.07, 6.45) is 5.02. The molecule has 0 aliphatic heterocycles. The van der Waals surface area contributed by atoms with Crippen molar-refractivity contribution in [2.24, 2.45) is 5.92 Å². The Morgan fingerprint density at radius 1 is 1.19 bits per heavy atom. The van der Waals surface area contributed by atoms with E-state index in [9.17, 15) is 15.0 Å². The van der Waals surface area contributed by atoms with Crippen molar-refractivity contribution >= 4 is 16.9 Å². The molecule has 4 nitrogen and oxygen atoms in total. The number of carboxylic acids is 1. The van der Waals surface area contributed by atoms with Crippen LogP contribution in [0.5, 0.6) is 0 Å². The maximum absolute atomic E-state index is 11.6. The van der Waals surface area contributed by atoms with Crippen LogP contribution in [-0.2, 0) is 0 Å². The number of aliphatic hydroxyl groups is 1. The number of aliphatic hydroxyl groups excluding tert-OH is 1. The molecule has 0 spiro atoms. The maximum atomic E-state index is 11.6. The molecule has 3 N–H and O–H groups in total. The molecule has 1 heterocycles. The summed E-state index contributed by atoms with van der Waals surface area (Å²) in [6.45, 7) is 1.81. The number of fused-ring (bicyclic) bond motifs is 1. The smallest absolute Gasteiger partial charge is 0.335 e. The summed E-state index contributed by atoms with van der Waals surface area (Å²) in [6, 6.07) is 13.5. The minimum atomic E-state index is -0.928. The van der Waals surface area contributed by atoms with Crippen LogP contribution in [0.25, 0.3) is 22.0 Å². The zero-order chi connectivity index (χ0) is 19.0. The molecule has 0 amide bonds. The molecule has 1 aliphatic rings. The summed E-state index contributed by atoms with van der Waals surface area (Å²) in [5.74, 6) is -0.367. The van der Waals surface area contributed by atoms with Gasteiger partial charge >= 0.3 is 5.97 Å². The normalized spacial score (nSPS) is 16.1. The zero-order valence-electron chi connectivity index (χ0n) is 15.5. The Hall–Kier alpha value is -2.59. The molecule has 3 aromatic rings. The predicted octanol–water partition coefficient (Wildman–Crippen LogP) is 5.46. The van der Waals surface area contributed by atoms with Gasteiger partial charge in [-0.25, -0.2) is 4.79 Å². The van der Waals surface area contributed by atoms with Gasteiger partial charge in [-0.2, -0.15) is 0 Å². The highest BCUT2D eigenvalue weighted by Crippen LogP contribution is 2.40. The highest BCUT2D eigenvalue weighted by atomic mass is 16.4. The van der Waals surface area contributed by atoms with Crippen LogP contribution < -0.4 is 0 Å². The third-order valence-corrected chi connectivity index (χ3v) is 5.83. The van der Waals surface area contributed by atoms with E-state index in [1.165, 1.54) is 25.7 Å². The minimum Gasteiger partial charge on any atom is -0.478 e. The molecule has 1 aliphatic carbocycles. The molecule has 0 saturated heterocycles. The molecule has 1 aromatic heterocycles. The first-order valence-electron chi connectivity index (χ1n) is 9.67. The van der Waals surface area contributed by atoms with Gasteiger partial charge in [0.05, 0.1) is 17.4 Å². The summed E-state index contributed by atoms with van der Waals surface area (Å²) < 4.78 is 0. The minimum absolute atomic E-state index is 0.301. The summed E-state index contributed by atoms with van der Waals surface area (Å²) in [5.41, 5.74) is 4.59. The van der Waals surface area contributed by atoms with Crippen LogP contribution in [0.4, 0.5) is 0 Å². The third kappa shape index (κ3) is 3.37. The van der Waals surface area contributed by atoms with Crippen LogP contribution in [0.15, 0.2) is 42.5 Å². The van der Waals surface area contributed by atoms with Gasteiger partial charge in [-0.3, -0.25) is 0 Å². The van der Waals surface area contributed by atoms with Gasteiger partial charge in [-0.1, -0.05) is 56.0 Å². The Kier molecular flexibility index (Phi) is 4.75. The van der Waals surface area contributed by atoms with Crippen LogP contribution >= 0.6 is 0 Å². The Bertz CT molecular complexity index is 968. The van der Waals surface area contributed by atoms with E-state index in [2.05, 4.69) is 4.98 Å². The van der Waals surface area contributed by atoms with Gasteiger partial charge in [-0.05, 0) is 42.5 Å². The molecule has 1 fully saturated rings. The van der Waals surface area contributed by atoms with Crippen molar-refractivity contribution < 1.29 is 15.0 Å². The largest absolute Gasteiger partial charge is 0.478 e. The van der Waals surface area contributed by atoms with Gasteiger partial charge in [0.1, 0.15) is 0 Å². The number of carbonyl (C=O) groups is 1. The van der Waals surface area contributed by atoms with Gasteiger partial charge in [0, 0.05) is 16.5 Å². The summed E-state index contributed by atoms with van der Waals surface area (Å²) in [4.78, 5) is 15.0. The number of rotatable bonds is 5. The van der Waals surface area contributed by atoms with E-state index in [0.29, 0.717) is 17.0 Å². The quantitative estimate of drug-likeness (QED) is 0.564. The molecule has 1 unspecified atom stereocenters. The fourth-order valence-electron chi connectivity index (χ4n) is 4.45. The van der Waals surface area contributed by atoms with Crippen molar-refractivity contribution in [1.82, 2.24) is 4.98 Å². The average molecular weight is 363 g/mol. The fraction of sp³-hybridized carbons (Fsp3) is 0.348. The standard InChI is InChI=1S/C23H25NO3/c1-14-11-19-18(13-17(14)23(26)27)21(16-9-3-2-4-10-16)22(24-19)20(25)12-15-7-5-6-8-15/h2-4,9-11,13,15,20,24-25H,5-8,12H2,1H3,(H,26,27). The first kappa shape index (κ1) is 17.8. The number of aromatic amines is 1. The first-order chi connectivity index (χ1) is 13.0. The highest BCUT2D eigenvalue weighted by molar-refractivity contribution is 6.02. The van der Waals surface area contributed by atoms with E-state index < -0.39 is 12.1 Å². The number of aromatic nitrogens is 1. The van der Waals surface area contributed by atoms with Crippen molar-refractivity contribution in [1.29, 1.82) is 0 Å². The number of hydrogen-bond acceptors (Lipinski definition) is 2. The highest BCUT2D eigenvalue weighted by Gasteiger charge is 2.25. The van der Waals surface area contributed by atoms with Crippen LogP contribution in [0.2, 0.25) is 0 Å². The summed E-state index contributed by atoms with van der Waals surface area (Å²) >= 11 is 0. The van der Waals surface area contributed by atoms with Crippen LogP contribution in [0.1, 0.15) is 59.8 Å². The topological polar surface area (TPSA) is 73.3 Å². The second-order valence-electron chi connectivity index (χ2n) is 7.70. The second kappa shape index (κ2) is 7.20. The number of aryl methyl sites for hydroxylation is 1. The van der Waals surface area contributed by atoms with E-state index in [4.69, 9.17) is 0 Å². The van der Waals surface area contributed by atoms with E-state index in [1.807, 2.05) is 36.4 Å². The van der Waals surface area contributed by atoms with Gasteiger partial charge < -0.3 is 15.2 Å². The molecule has 0 radical (unpaired) electrons. The molecule has 4 rings (SSSR count). The third-order valence-electron chi connectivity index (χ3n) is 5.83. The molecule has 0 bridgehead atoms. The lowest BCUT2D eigenvalue weighted by Crippen LogP contribution is -2.06. The second-order valence-corrected chi connectivity index (χ2v) is 7.70. The Labute approximate surface area is 158 Å². The van der Waals surface area contributed by atoms with Crippen molar-refractivity contribution in [2.45, 2.75) is 45.1 Å². The summed E-state index contributed by atoms with van der Waals surface area (Å²) in [5, 5.41) is 21.4. The first-order valence-corrected chi connectivity index (χ1v) is 9.67. The summed E-state index contributed by atoms with van der Waals surface area (Å²) in [7, 11) is 0. The lowest BCUT2D eigenvalue weighted by molar-refractivity contribution is 0.0696. The van der Waals surface area contributed by atoms with Crippen LogP contribution in [0.3, 0.4) is 0 Å². The fourth-order valence-corrected chi connectivity index (χ4v) is 4.45.